The Bertz CT molecular complexity index is 1430. The lowest BCUT2D eigenvalue weighted by atomic mass is 9.99. The van der Waals surface area contributed by atoms with Crippen LogP contribution in [0.2, 0.25) is 0 Å². The van der Waals surface area contributed by atoms with Gasteiger partial charge in [0.1, 0.15) is 12.8 Å². The summed E-state index contributed by atoms with van der Waals surface area (Å²) in [7, 11) is 0. The Morgan fingerprint density at radius 1 is 1.03 bits per heavy atom. The number of nitrogens with two attached hydrogens (primary N) is 1. The number of hydrogen-bond acceptors (Lipinski definition) is 7. The van der Waals surface area contributed by atoms with Gasteiger partial charge in [-0.25, -0.2) is 23.8 Å². The minimum atomic E-state index is -0.415. The average Bonchev–Trinajstić information content (AvgIpc) is 3.36. The molecule has 0 amide bonds. The number of pyridine rings is 1. The van der Waals surface area contributed by atoms with Crippen LogP contribution in [0.25, 0.3) is 28.0 Å². The lowest BCUT2D eigenvalue weighted by Crippen LogP contribution is -2.23. The van der Waals surface area contributed by atoms with E-state index in [1.807, 2.05) is 56.3 Å². The third kappa shape index (κ3) is 3.25. The van der Waals surface area contributed by atoms with Crippen molar-refractivity contribution >= 4 is 11.6 Å². The largest absolute Gasteiger partial charge is 0.447 e. The Labute approximate surface area is 176 Å². The van der Waals surface area contributed by atoms with E-state index in [4.69, 9.17) is 10.2 Å². The van der Waals surface area contributed by atoms with E-state index in [-0.39, 0.29) is 12.5 Å². The average molecular weight is 413 g/mol. The van der Waals surface area contributed by atoms with Crippen molar-refractivity contribution in [2.24, 2.45) is 0 Å². The third-order valence-electron chi connectivity index (χ3n) is 4.94. The molecule has 0 radical (unpaired) electrons. The molecule has 0 saturated carbocycles. The summed E-state index contributed by atoms with van der Waals surface area (Å²) in [5.74, 6) is 0.432. The molecule has 0 saturated heterocycles. The molecule has 0 unspecified atom stereocenters. The number of aromatic nitrogens is 6. The second-order valence-corrected chi connectivity index (χ2v) is 7.22. The number of oxazole rings is 1. The Hall–Kier alpha value is -4.27. The zero-order valence-corrected chi connectivity index (χ0v) is 17.0. The molecule has 4 heterocycles. The first kappa shape index (κ1) is 18.7. The first-order valence-electron chi connectivity index (χ1n) is 9.70. The maximum absolute atomic E-state index is 13.1. The van der Waals surface area contributed by atoms with Crippen molar-refractivity contribution in [2.75, 3.05) is 5.73 Å². The van der Waals surface area contributed by atoms with E-state index in [1.54, 1.807) is 0 Å². The van der Waals surface area contributed by atoms with E-state index in [2.05, 4.69) is 20.1 Å². The molecular weight excluding hydrogens is 394 g/mol. The fourth-order valence-electron chi connectivity index (χ4n) is 3.71. The number of anilines is 1. The molecule has 0 bridgehead atoms. The summed E-state index contributed by atoms with van der Waals surface area (Å²) in [6.45, 7) is 3.93. The molecule has 0 spiro atoms. The van der Waals surface area contributed by atoms with Gasteiger partial charge in [0.15, 0.2) is 5.65 Å². The van der Waals surface area contributed by atoms with Gasteiger partial charge in [-0.2, -0.15) is 0 Å². The minimum Gasteiger partial charge on any atom is -0.447 e. The summed E-state index contributed by atoms with van der Waals surface area (Å²) in [6.07, 6.45) is 2.97. The zero-order chi connectivity index (χ0) is 21.5. The molecule has 31 heavy (non-hydrogen) atoms. The van der Waals surface area contributed by atoms with E-state index in [9.17, 15) is 4.79 Å². The first-order chi connectivity index (χ1) is 15.0. The van der Waals surface area contributed by atoms with Gasteiger partial charge in [0.05, 0.1) is 17.5 Å². The Morgan fingerprint density at radius 3 is 2.45 bits per heavy atom. The fraction of sp³-hybridized carbons (Fsp3) is 0.136. The van der Waals surface area contributed by atoms with Gasteiger partial charge < -0.3 is 10.2 Å². The topological polar surface area (TPSA) is 117 Å². The van der Waals surface area contributed by atoms with E-state index in [1.165, 1.54) is 21.5 Å². The Morgan fingerprint density at radius 2 is 1.77 bits per heavy atom. The number of benzene rings is 1. The predicted octanol–water partition coefficient (Wildman–Crippen LogP) is 2.86. The fourth-order valence-corrected chi connectivity index (χ4v) is 3.71. The quantitative estimate of drug-likeness (QED) is 0.481. The smallest absolute Gasteiger partial charge is 0.353 e. The Balaban J connectivity index is 1.85. The number of fused-ring (bicyclic) bond motifs is 1. The third-order valence-corrected chi connectivity index (χ3v) is 4.94. The molecule has 9 nitrogen and oxygen atoms in total. The van der Waals surface area contributed by atoms with Crippen molar-refractivity contribution in [1.82, 2.24) is 29.1 Å². The van der Waals surface area contributed by atoms with Gasteiger partial charge in [0.25, 0.3) is 0 Å². The van der Waals surface area contributed by atoms with Crippen LogP contribution in [0.4, 0.5) is 5.95 Å². The van der Waals surface area contributed by atoms with Crippen LogP contribution in [0, 0.1) is 13.8 Å². The molecule has 1 aromatic carbocycles. The van der Waals surface area contributed by atoms with Crippen LogP contribution in [-0.4, -0.2) is 29.1 Å². The van der Waals surface area contributed by atoms with Gasteiger partial charge in [-0.15, -0.1) is 5.10 Å². The second-order valence-electron chi connectivity index (χ2n) is 7.22. The highest BCUT2D eigenvalue weighted by atomic mass is 16.3. The van der Waals surface area contributed by atoms with Crippen molar-refractivity contribution in [3.63, 3.8) is 0 Å². The van der Waals surface area contributed by atoms with E-state index in [0.29, 0.717) is 22.8 Å². The summed E-state index contributed by atoms with van der Waals surface area (Å²) < 4.78 is 7.87. The van der Waals surface area contributed by atoms with Crippen LogP contribution >= 0.6 is 0 Å². The molecule has 2 N–H and O–H groups in total. The maximum Gasteiger partial charge on any atom is 0.353 e. The van der Waals surface area contributed by atoms with Crippen LogP contribution in [0.15, 0.2) is 64.1 Å². The molecule has 0 atom stereocenters. The van der Waals surface area contributed by atoms with Gasteiger partial charge in [-0.3, -0.25) is 4.98 Å². The highest BCUT2D eigenvalue weighted by molar-refractivity contribution is 5.90. The SMILES string of the molecule is Cc1cc(-c2c(-c3ccccc3)nc(N)n3c(=O)n(Cc4ncco4)nc23)cc(C)n1. The number of rotatable bonds is 4. The van der Waals surface area contributed by atoms with Crippen molar-refractivity contribution in [3.05, 3.63) is 82.7 Å². The number of aryl methyl sites for hydroxylation is 2. The van der Waals surface area contributed by atoms with Gasteiger partial charge in [0, 0.05) is 17.0 Å². The molecule has 5 aromatic rings. The van der Waals surface area contributed by atoms with Gasteiger partial charge in [0.2, 0.25) is 11.8 Å². The molecule has 4 aromatic heterocycles. The highest BCUT2D eigenvalue weighted by Gasteiger charge is 2.22. The van der Waals surface area contributed by atoms with Gasteiger partial charge in [-0.1, -0.05) is 30.3 Å². The monoisotopic (exact) mass is 413 g/mol. The molecule has 5 rings (SSSR count). The number of nitrogen functional groups attached to an aromatic ring is 1. The van der Waals surface area contributed by atoms with Crippen LogP contribution in [0.1, 0.15) is 17.3 Å². The van der Waals surface area contributed by atoms with Crippen LogP contribution in [0.3, 0.4) is 0 Å². The van der Waals surface area contributed by atoms with Gasteiger partial charge >= 0.3 is 5.69 Å². The number of hydrogen-bond donors (Lipinski definition) is 1. The van der Waals surface area contributed by atoms with Gasteiger partial charge in [-0.05, 0) is 31.5 Å². The number of nitrogens with zero attached hydrogens (tertiary/aromatic N) is 6. The van der Waals surface area contributed by atoms with Crippen molar-refractivity contribution in [1.29, 1.82) is 0 Å². The molecule has 0 fully saturated rings. The zero-order valence-electron chi connectivity index (χ0n) is 17.0. The van der Waals surface area contributed by atoms with Crippen molar-refractivity contribution in [2.45, 2.75) is 20.4 Å². The van der Waals surface area contributed by atoms with E-state index < -0.39 is 5.69 Å². The molecule has 0 aliphatic rings. The normalized spacial score (nSPS) is 11.3. The van der Waals surface area contributed by atoms with Crippen molar-refractivity contribution in [3.8, 4) is 22.4 Å². The Kier molecular flexibility index (Phi) is 4.36. The summed E-state index contributed by atoms with van der Waals surface area (Å²) in [4.78, 5) is 26.3. The summed E-state index contributed by atoms with van der Waals surface area (Å²) in [6, 6.07) is 13.6. The summed E-state index contributed by atoms with van der Waals surface area (Å²) >= 11 is 0. The van der Waals surface area contributed by atoms with Crippen LogP contribution in [-0.2, 0) is 6.54 Å². The molecule has 0 aliphatic heterocycles. The standard InChI is InChI=1S/C22H19N7O2/c1-13-10-16(11-14(2)25-13)18-19(15-6-4-3-5-7-15)26-21(23)29-20(18)27-28(22(29)30)12-17-24-8-9-31-17/h3-11H,12H2,1-2H3,(H2,23,26). The second kappa shape index (κ2) is 7.21. The molecule has 9 heteroatoms. The minimum absolute atomic E-state index is 0.0590. The first-order valence-corrected chi connectivity index (χ1v) is 9.70. The van der Waals surface area contributed by atoms with E-state index in [0.717, 1.165) is 22.5 Å². The summed E-state index contributed by atoms with van der Waals surface area (Å²) in [5, 5.41) is 4.60. The lowest BCUT2D eigenvalue weighted by molar-refractivity contribution is 0.460. The van der Waals surface area contributed by atoms with E-state index >= 15 is 0 Å². The summed E-state index contributed by atoms with van der Waals surface area (Å²) in [5.41, 5.74) is 11.0. The molecule has 0 aliphatic carbocycles. The van der Waals surface area contributed by atoms with Crippen LogP contribution < -0.4 is 11.4 Å². The van der Waals surface area contributed by atoms with Crippen molar-refractivity contribution < 1.29 is 4.42 Å². The molecular formula is C22H19N7O2. The van der Waals surface area contributed by atoms with Crippen LogP contribution in [0.5, 0.6) is 0 Å². The molecule has 154 valence electrons. The maximum atomic E-state index is 13.1. The predicted molar refractivity (Wildman–Crippen MR) is 115 cm³/mol. The highest BCUT2D eigenvalue weighted by Crippen LogP contribution is 2.34. The lowest BCUT2D eigenvalue weighted by Gasteiger charge is -2.13.